The molecule has 2 aromatic rings. The fourth-order valence-electron chi connectivity index (χ4n) is 2.49. The molecule has 2 aromatic carbocycles. The van der Waals surface area contributed by atoms with Crippen molar-refractivity contribution in [3.8, 4) is 0 Å². The topological polar surface area (TPSA) is 122 Å². The van der Waals surface area contributed by atoms with E-state index in [1.54, 1.807) is 0 Å². The summed E-state index contributed by atoms with van der Waals surface area (Å²) in [6, 6.07) is 9.71. The predicted molar refractivity (Wildman–Crippen MR) is 96.3 cm³/mol. The number of imide groups is 1. The summed E-state index contributed by atoms with van der Waals surface area (Å²) in [5, 5.41) is 15.6. The van der Waals surface area contributed by atoms with Crippen molar-refractivity contribution in [1.82, 2.24) is 10.2 Å². The average Bonchev–Trinajstić information content (AvgIpc) is 2.91. The summed E-state index contributed by atoms with van der Waals surface area (Å²) in [6.45, 7) is -0.547. The van der Waals surface area contributed by atoms with Crippen LogP contribution >= 0.6 is 0 Å². The smallest absolute Gasteiger partial charge is 0.325 e. The molecular formula is C18H13FN4O5. The maximum absolute atomic E-state index is 12.9. The zero-order valence-corrected chi connectivity index (χ0v) is 14.2. The first-order valence-electron chi connectivity index (χ1n) is 7.98. The van der Waals surface area contributed by atoms with E-state index in [4.69, 9.17) is 0 Å². The Morgan fingerprint density at radius 2 is 1.93 bits per heavy atom. The van der Waals surface area contributed by atoms with Crippen LogP contribution in [0.3, 0.4) is 0 Å². The summed E-state index contributed by atoms with van der Waals surface area (Å²) < 4.78 is 12.9. The van der Waals surface area contributed by atoms with Crippen LogP contribution in [0.4, 0.5) is 20.6 Å². The lowest BCUT2D eigenvalue weighted by atomic mass is 10.1. The molecule has 9 nitrogen and oxygen atoms in total. The average molecular weight is 384 g/mol. The van der Waals surface area contributed by atoms with Gasteiger partial charge in [0, 0.05) is 17.8 Å². The number of nitro benzene ring substituents is 1. The van der Waals surface area contributed by atoms with Crippen LogP contribution in [0.1, 0.15) is 5.56 Å². The minimum Gasteiger partial charge on any atom is -0.325 e. The molecule has 0 spiro atoms. The van der Waals surface area contributed by atoms with E-state index in [0.29, 0.717) is 16.2 Å². The first-order chi connectivity index (χ1) is 13.3. The lowest BCUT2D eigenvalue weighted by Crippen LogP contribution is -2.38. The first-order valence-corrected chi connectivity index (χ1v) is 7.98. The van der Waals surface area contributed by atoms with Gasteiger partial charge in [-0.2, -0.15) is 0 Å². The van der Waals surface area contributed by atoms with E-state index in [9.17, 15) is 28.9 Å². The number of nitrogens with one attached hydrogen (secondary N) is 2. The van der Waals surface area contributed by atoms with Crippen molar-refractivity contribution in [1.29, 1.82) is 0 Å². The molecule has 0 aliphatic carbocycles. The van der Waals surface area contributed by atoms with Gasteiger partial charge in [-0.3, -0.25) is 19.7 Å². The van der Waals surface area contributed by atoms with Gasteiger partial charge in [-0.1, -0.05) is 12.1 Å². The fraction of sp³-hybridized carbons (Fsp3) is 0.0556. The molecule has 142 valence electrons. The van der Waals surface area contributed by atoms with Crippen LogP contribution in [-0.4, -0.2) is 34.2 Å². The number of non-ortho nitro benzene ring substituents is 1. The van der Waals surface area contributed by atoms with Crippen LogP contribution in [0.5, 0.6) is 0 Å². The number of nitrogens with zero attached hydrogens (tertiary/aromatic N) is 2. The Hall–Kier alpha value is -4.08. The Kier molecular flexibility index (Phi) is 5.12. The molecule has 0 radical (unpaired) electrons. The van der Waals surface area contributed by atoms with Gasteiger partial charge in [0.25, 0.3) is 11.6 Å². The van der Waals surface area contributed by atoms with Crippen molar-refractivity contribution >= 4 is 35.3 Å². The summed E-state index contributed by atoms with van der Waals surface area (Å²) in [5.74, 6) is -1.86. The van der Waals surface area contributed by atoms with Crippen molar-refractivity contribution in [2.24, 2.45) is 0 Å². The van der Waals surface area contributed by atoms with Gasteiger partial charge in [0.05, 0.1) is 4.92 Å². The van der Waals surface area contributed by atoms with Gasteiger partial charge < -0.3 is 10.6 Å². The van der Waals surface area contributed by atoms with Gasteiger partial charge in [-0.25, -0.2) is 14.1 Å². The molecule has 1 aliphatic rings. The third-order valence-electron chi connectivity index (χ3n) is 3.78. The number of carbonyl (C=O) groups excluding carboxylic acids is 3. The molecule has 0 aromatic heterocycles. The van der Waals surface area contributed by atoms with E-state index in [-0.39, 0.29) is 11.4 Å². The van der Waals surface area contributed by atoms with Crippen molar-refractivity contribution in [3.05, 3.63) is 75.7 Å². The SMILES string of the molecule is O=C(CN1C(=O)N/C(=C\c2cccc([N+](=O)[O-])c2)C1=O)Nc1ccc(F)cc1. The zero-order valence-electron chi connectivity index (χ0n) is 14.2. The maximum Gasteiger partial charge on any atom is 0.329 e. The number of anilines is 1. The Morgan fingerprint density at radius 1 is 1.21 bits per heavy atom. The summed E-state index contributed by atoms with van der Waals surface area (Å²) in [5.41, 5.74) is 0.378. The first kappa shape index (κ1) is 18.7. The number of nitro groups is 1. The minimum absolute atomic E-state index is 0.111. The Balaban J connectivity index is 1.71. The van der Waals surface area contributed by atoms with E-state index in [0.717, 1.165) is 12.1 Å². The number of amides is 4. The Morgan fingerprint density at radius 3 is 2.61 bits per heavy atom. The number of hydrogen-bond donors (Lipinski definition) is 2. The highest BCUT2D eigenvalue weighted by atomic mass is 19.1. The summed E-state index contributed by atoms with van der Waals surface area (Å²) in [7, 11) is 0. The molecule has 1 saturated heterocycles. The van der Waals surface area contributed by atoms with Crippen molar-refractivity contribution in [2.75, 3.05) is 11.9 Å². The van der Waals surface area contributed by atoms with Crippen molar-refractivity contribution in [2.45, 2.75) is 0 Å². The van der Waals surface area contributed by atoms with E-state index in [1.165, 1.54) is 42.5 Å². The summed E-state index contributed by atoms with van der Waals surface area (Å²) in [6.07, 6.45) is 1.28. The molecule has 2 N–H and O–H groups in total. The normalized spacial score (nSPS) is 14.9. The molecule has 4 amide bonds. The van der Waals surface area contributed by atoms with E-state index >= 15 is 0 Å². The van der Waals surface area contributed by atoms with Crippen LogP contribution in [0.2, 0.25) is 0 Å². The second-order valence-corrected chi connectivity index (χ2v) is 5.79. The van der Waals surface area contributed by atoms with Crippen LogP contribution in [0.25, 0.3) is 6.08 Å². The predicted octanol–water partition coefficient (Wildman–Crippen LogP) is 2.27. The molecule has 0 unspecified atom stereocenters. The highest BCUT2D eigenvalue weighted by Crippen LogP contribution is 2.18. The largest absolute Gasteiger partial charge is 0.329 e. The number of urea groups is 1. The Labute approximate surface area is 157 Å². The quantitative estimate of drug-likeness (QED) is 0.354. The molecule has 28 heavy (non-hydrogen) atoms. The van der Waals surface area contributed by atoms with Crippen molar-refractivity contribution in [3.63, 3.8) is 0 Å². The fourth-order valence-corrected chi connectivity index (χ4v) is 2.49. The number of hydrogen-bond acceptors (Lipinski definition) is 5. The molecule has 1 aliphatic heterocycles. The van der Waals surface area contributed by atoms with E-state index in [2.05, 4.69) is 10.6 Å². The van der Waals surface area contributed by atoms with Crippen LogP contribution in [-0.2, 0) is 9.59 Å². The second-order valence-electron chi connectivity index (χ2n) is 5.79. The van der Waals surface area contributed by atoms with Crippen molar-refractivity contribution < 1.29 is 23.7 Å². The molecule has 0 saturated carbocycles. The minimum atomic E-state index is -0.795. The molecule has 1 fully saturated rings. The van der Waals surface area contributed by atoms with E-state index < -0.39 is 35.1 Å². The molecule has 0 bridgehead atoms. The number of rotatable bonds is 5. The molecule has 1 heterocycles. The standard InChI is InChI=1S/C18H13FN4O5/c19-12-4-6-13(7-5-12)20-16(24)10-22-17(25)15(21-18(22)26)9-11-2-1-3-14(8-11)23(27)28/h1-9H,10H2,(H,20,24)(H,21,26)/b15-9-. The van der Waals surface area contributed by atoms with Gasteiger partial charge >= 0.3 is 6.03 Å². The van der Waals surface area contributed by atoms with Gasteiger partial charge in [-0.15, -0.1) is 0 Å². The number of halogens is 1. The third kappa shape index (κ3) is 4.18. The zero-order chi connectivity index (χ0) is 20.3. The lowest BCUT2D eigenvalue weighted by Gasteiger charge is -2.11. The highest BCUT2D eigenvalue weighted by molar-refractivity contribution is 6.15. The van der Waals surface area contributed by atoms with Crippen LogP contribution in [0.15, 0.2) is 54.2 Å². The summed E-state index contributed by atoms with van der Waals surface area (Å²) >= 11 is 0. The van der Waals surface area contributed by atoms with Gasteiger partial charge in [0.2, 0.25) is 5.91 Å². The highest BCUT2D eigenvalue weighted by Gasteiger charge is 2.34. The van der Waals surface area contributed by atoms with Gasteiger partial charge in [0.15, 0.2) is 0 Å². The molecule has 3 rings (SSSR count). The second kappa shape index (κ2) is 7.66. The maximum atomic E-state index is 12.9. The van der Waals surface area contributed by atoms with Gasteiger partial charge in [-0.05, 0) is 35.9 Å². The van der Waals surface area contributed by atoms with Crippen LogP contribution < -0.4 is 10.6 Å². The lowest BCUT2D eigenvalue weighted by molar-refractivity contribution is -0.384. The van der Waals surface area contributed by atoms with Gasteiger partial charge in [0.1, 0.15) is 18.1 Å². The molecule has 0 atom stereocenters. The van der Waals surface area contributed by atoms with Crippen LogP contribution in [0, 0.1) is 15.9 Å². The molecule has 10 heteroatoms. The number of benzene rings is 2. The monoisotopic (exact) mass is 384 g/mol. The van der Waals surface area contributed by atoms with E-state index in [1.807, 2.05) is 0 Å². The number of carbonyl (C=O) groups is 3. The summed E-state index contributed by atoms with van der Waals surface area (Å²) in [4.78, 5) is 47.4. The molecular weight excluding hydrogens is 371 g/mol. The Bertz CT molecular complexity index is 1000. The third-order valence-corrected chi connectivity index (χ3v) is 3.78.